The molecule has 0 spiro atoms. The number of hydrogen-bond acceptors (Lipinski definition) is 6. The highest BCUT2D eigenvalue weighted by atomic mass is 32.2. The zero-order valence-corrected chi connectivity index (χ0v) is 16.5. The molecule has 2 aromatic rings. The van der Waals surface area contributed by atoms with Crippen LogP contribution in [-0.4, -0.2) is 33.0 Å². The summed E-state index contributed by atoms with van der Waals surface area (Å²) in [6, 6.07) is 13.7. The highest BCUT2D eigenvalue weighted by Gasteiger charge is 2.35. The fraction of sp³-hybridized carbons (Fsp3) is 0.182. The normalized spacial score (nSPS) is 20.0. The Bertz CT molecular complexity index is 1080. The largest absolute Gasteiger partial charge is 0.507 e. The summed E-state index contributed by atoms with van der Waals surface area (Å²) in [4.78, 5) is 43.2. The first-order chi connectivity index (χ1) is 14.0. The van der Waals surface area contributed by atoms with E-state index >= 15 is 0 Å². The third-order valence-corrected chi connectivity index (χ3v) is 5.82. The third kappa shape index (κ3) is 3.61. The van der Waals surface area contributed by atoms with Gasteiger partial charge >= 0.3 is 0 Å². The molecule has 2 aromatic carbocycles. The van der Waals surface area contributed by atoms with Crippen LogP contribution in [0.5, 0.6) is 5.75 Å². The van der Waals surface area contributed by atoms with Crippen LogP contribution in [0.2, 0.25) is 0 Å². The monoisotopic (exact) mass is 406 g/mol. The van der Waals surface area contributed by atoms with Gasteiger partial charge < -0.3 is 10.0 Å². The number of rotatable bonds is 3. The van der Waals surface area contributed by atoms with Gasteiger partial charge in [0.1, 0.15) is 16.5 Å². The molecule has 0 fully saturated rings. The molecule has 7 heteroatoms. The van der Waals surface area contributed by atoms with E-state index < -0.39 is 6.04 Å². The second-order valence-electron chi connectivity index (χ2n) is 6.84. The van der Waals surface area contributed by atoms with Gasteiger partial charge in [0.05, 0.1) is 11.3 Å². The Hall–Kier alpha value is -3.19. The van der Waals surface area contributed by atoms with E-state index in [1.54, 1.807) is 18.2 Å². The molecule has 0 aromatic heterocycles. The van der Waals surface area contributed by atoms with Crippen LogP contribution in [0.25, 0.3) is 0 Å². The standard InChI is InChI=1S/C22H18N2O4S/c1-13(25)24-15(12-19(27)20-17(24)8-5-9-18(20)26)10-11-16-22(28)29-21(23-16)14-6-3-2-4-7-14/h2-9,11,15,26H,10,12H2,1H3. The number of hydrogen-bond donors (Lipinski definition) is 1. The molecule has 0 radical (unpaired) electrons. The molecule has 0 aliphatic carbocycles. The lowest BCUT2D eigenvalue weighted by molar-refractivity contribution is -0.117. The van der Waals surface area contributed by atoms with E-state index in [1.165, 1.54) is 17.9 Å². The number of aliphatic imine (C=N–C) groups is 1. The first-order valence-corrected chi connectivity index (χ1v) is 9.99. The van der Waals surface area contributed by atoms with Gasteiger partial charge in [-0.2, -0.15) is 0 Å². The molecular weight excluding hydrogens is 388 g/mol. The maximum atomic E-state index is 12.6. The molecular formula is C22H18N2O4S. The van der Waals surface area contributed by atoms with E-state index in [2.05, 4.69) is 4.99 Å². The minimum absolute atomic E-state index is 0.0739. The summed E-state index contributed by atoms with van der Waals surface area (Å²) in [6.07, 6.45) is 2.07. The van der Waals surface area contributed by atoms with E-state index in [-0.39, 0.29) is 34.5 Å². The summed E-state index contributed by atoms with van der Waals surface area (Å²) in [5.41, 5.74) is 1.77. The quantitative estimate of drug-likeness (QED) is 0.786. The number of amides is 1. The number of phenols is 1. The number of phenolic OH excluding ortho intramolecular Hbond substituents is 1. The van der Waals surface area contributed by atoms with Gasteiger partial charge in [-0.1, -0.05) is 42.5 Å². The first-order valence-electron chi connectivity index (χ1n) is 9.17. The van der Waals surface area contributed by atoms with Gasteiger partial charge in [0.25, 0.3) is 0 Å². The molecule has 1 atom stereocenters. The molecule has 2 heterocycles. The van der Waals surface area contributed by atoms with Gasteiger partial charge in [0.2, 0.25) is 11.0 Å². The smallest absolute Gasteiger partial charge is 0.243 e. The van der Waals surface area contributed by atoms with Crippen molar-refractivity contribution in [1.29, 1.82) is 0 Å². The lowest BCUT2D eigenvalue weighted by Gasteiger charge is -2.35. The molecule has 0 saturated carbocycles. The molecule has 29 heavy (non-hydrogen) atoms. The van der Waals surface area contributed by atoms with Crippen LogP contribution in [0.1, 0.15) is 35.7 Å². The number of nitrogens with zero attached hydrogens (tertiary/aromatic N) is 2. The van der Waals surface area contributed by atoms with Crippen molar-refractivity contribution in [2.24, 2.45) is 4.99 Å². The second kappa shape index (κ2) is 7.67. The van der Waals surface area contributed by atoms with Gasteiger partial charge in [-0.15, -0.1) is 0 Å². The fourth-order valence-electron chi connectivity index (χ4n) is 3.63. The van der Waals surface area contributed by atoms with Gasteiger partial charge in [-0.25, -0.2) is 4.99 Å². The zero-order chi connectivity index (χ0) is 20.5. The van der Waals surface area contributed by atoms with Crippen LogP contribution >= 0.6 is 11.8 Å². The number of ketones is 1. The molecule has 1 amide bonds. The minimum Gasteiger partial charge on any atom is -0.507 e. The van der Waals surface area contributed by atoms with Gasteiger partial charge in [-0.05, 0) is 30.3 Å². The van der Waals surface area contributed by atoms with E-state index in [9.17, 15) is 19.5 Å². The molecule has 2 aliphatic rings. The molecule has 1 unspecified atom stereocenters. The molecule has 0 saturated heterocycles. The molecule has 1 N–H and O–H groups in total. The number of thioether (sulfide) groups is 1. The summed E-state index contributed by atoms with van der Waals surface area (Å²) in [6.45, 7) is 1.42. The van der Waals surface area contributed by atoms with E-state index in [0.29, 0.717) is 22.8 Å². The number of carbonyl (C=O) groups excluding carboxylic acids is 3. The average Bonchev–Trinajstić information content (AvgIpc) is 3.07. The minimum atomic E-state index is -0.435. The van der Waals surface area contributed by atoms with Gasteiger partial charge in [0.15, 0.2) is 5.78 Å². The average molecular weight is 406 g/mol. The lowest BCUT2D eigenvalue weighted by Crippen LogP contribution is -2.44. The van der Waals surface area contributed by atoms with Crippen LogP contribution in [0.4, 0.5) is 5.69 Å². The molecule has 0 bridgehead atoms. The third-order valence-electron chi connectivity index (χ3n) is 4.91. The number of carbonyl (C=O) groups is 3. The number of benzene rings is 2. The van der Waals surface area contributed by atoms with Crippen molar-refractivity contribution in [1.82, 2.24) is 0 Å². The van der Waals surface area contributed by atoms with Crippen molar-refractivity contribution in [3.8, 4) is 5.75 Å². The van der Waals surface area contributed by atoms with E-state index in [4.69, 9.17) is 0 Å². The Kier molecular flexibility index (Phi) is 5.07. The SMILES string of the molecule is CC(=O)N1c2cccc(O)c2C(=O)CC1CC=C1N=C(c2ccccc2)SC1=O. The molecule has 6 nitrogen and oxygen atoms in total. The number of fused-ring (bicyclic) bond motifs is 1. The van der Waals surface area contributed by atoms with Gasteiger partial charge in [0, 0.05) is 24.9 Å². The zero-order valence-electron chi connectivity index (χ0n) is 15.7. The maximum absolute atomic E-state index is 12.6. The van der Waals surface area contributed by atoms with Crippen molar-refractivity contribution >= 4 is 39.3 Å². The predicted molar refractivity (Wildman–Crippen MR) is 112 cm³/mol. The van der Waals surface area contributed by atoms with E-state index in [1.807, 2.05) is 30.3 Å². The Morgan fingerprint density at radius 2 is 1.97 bits per heavy atom. The topological polar surface area (TPSA) is 87.0 Å². The molecule has 4 rings (SSSR count). The second-order valence-corrected chi connectivity index (χ2v) is 7.80. The van der Waals surface area contributed by atoms with Gasteiger partial charge in [-0.3, -0.25) is 14.4 Å². The summed E-state index contributed by atoms with van der Waals surface area (Å²) in [5.74, 6) is -0.581. The summed E-state index contributed by atoms with van der Waals surface area (Å²) >= 11 is 1.07. The number of Topliss-reactive ketones (excluding diaryl/α,β-unsaturated/α-hetero) is 1. The van der Waals surface area contributed by atoms with Crippen molar-refractivity contribution < 1.29 is 19.5 Å². The fourth-order valence-corrected chi connectivity index (χ4v) is 4.44. The summed E-state index contributed by atoms with van der Waals surface area (Å²) in [7, 11) is 0. The van der Waals surface area contributed by atoms with Crippen molar-refractivity contribution in [2.45, 2.75) is 25.8 Å². The first kappa shape index (κ1) is 19.1. The van der Waals surface area contributed by atoms with E-state index in [0.717, 1.165) is 17.3 Å². The highest BCUT2D eigenvalue weighted by molar-refractivity contribution is 8.27. The Morgan fingerprint density at radius 3 is 2.69 bits per heavy atom. The number of anilines is 1. The van der Waals surface area contributed by atoms with Crippen molar-refractivity contribution in [2.75, 3.05) is 4.90 Å². The van der Waals surface area contributed by atoms with Crippen LogP contribution in [0.3, 0.4) is 0 Å². The van der Waals surface area contributed by atoms with Crippen molar-refractivity contribution in [3.05, 3.63) is 71.4 Å². The lowest BCUT2D eigenvalue weighted by atomic mass is 9.91. The molecule has 2 aliphatic heterocycles. The Morgan fingerprint density at radius 1 is 1.21 bits per heavy atom. The Balaban J connectivity index is 1.62. The predicted octanol–water partition coefficient (Wildman–Crippen LogP) is 3.69. The summed E-state index contributed by atoms with van der Waals surface area (Å²) in [5, 5.41) is 10.5. The van der Waals surface area contributed by atoms with Crippen LogP contribution in [0, 0.1) is 0 Å². The maximum Gasteiger partial charge on any atom is 0.243 e. The number of aromatic hydroxyl groups is 1. The Labute approximate surface area is 171 Å². The molecule has 146 valence electrons. The van der Waals surface area contributed by atoms with Crippen LogP contribution < -0.4 is 4.90 Å². The van der Waals surface area contributed by atoms with Crippen LogP contribution in [-0.2, 0) is 9.59 Å². The van der Waals surface area contributed by atoms with Crippen LogP contribution in [0.15, 0.2) is 65.3 Å². The highest BCUT2D eigenvalue weighted by Crippen LogP contribution is 2.37. The van der Waals surface area contributed by atoms with Crippen molar-refractivity contribution in [3.63, 3.8) is 0 Å². The summed E-state index contributed by atoms with van der Waals surface area (Å²) < 4.78 is 0.